The number of carbonyl (C=O) groups excluding carboxylic acids is 1. The Kier molecular flexibility index (Phi) is 4.75. The molecule has 2 aromatic heterocycles. The minimum atomic E-state index is -0.812. The predicted octanol–water partition coefficient (Wildman–Crippen LogP) is 3.18. The molecular formula is C16H17N3O4S. The van der Waals surface area contributed by atoms with Gasteiger partial charge in [0.25, 0.3) is 5.91 Å². The highest BCUT2D eigenvalue weighted by molar-refractivity contribution is 7.10. The summed E-state index contributed by atoms with van der Waals surface area (Å²) in [5.41, 5.74) is 0. The van der Waals surface area contributed by atoms with Crippen LogP contribution >= 0.6 is 11.3 Å². The molecule has 8 heteroatoms. The smallest absolute Gasteiger partial charge is 0.406 e. The van der Waals surface area contributed by atoms with E-state index in [1.807, 2.05) is 17.5 Å². The van der Waals surface area contributed by atoms with Crippen LogP contribution in [0.3, 0.4) is 0 Å². The van der Waals surface area contributed by atoms with Crippen LogP contribution in [0, 0.1) is 10.1 Å². The summed E-state index contributed by atoms with van der Waals surface area (Å²) in [5, 5.41) is 13.0. The number of rotatable bonds is 5. The maximum absolute atomic E-state index is 12.8. The maximum Gasteiger partial charge on any atom is 0.406 e. The van der Waals surface area contributed by atoms with Crippen LogP contribution in [0.2, 0.25) is 0 Å². The molecule has 24 heavy (non-hydrogen) atoms. The van der Waals surface area contributed by atoms with Crippen LogP contribution in [0.25, 0.3) is 0 Å². The van der Waals surface area contributed by atoms with Crippen molar-refractivity contribution in [2.24, 2.45) is 0 Å². The molecule has 0 N–H and O–H groups in total. The summed E-state index contributed by atoms with van der Waals surface area (Å²) in [6.45, 7) is 2.28. The van der Waals surface area contributed by atoms with Crippen molar-refractivity contribution >= 4 is 23.1 Å². The van der Waals surface area contributed by atoms with E-state index in [2.05, 4.69) is 4.98 Å². The number of carbonyl (C=O) groups is 1. The molecular weight excluding hydrogens is 330 g/mol. The standard InChI is InChI=1S/C16H17N3O4S/c1-11(23-13-6-2-8-17-15(13)19(21)22)16(20)18-9-3-5-12(18)14-7-4-10-24-14/h2,4,6-8,10-12H,3,5,9H2,1H3. The van der Waals surface area contributed by atoms with Crippen molar-refractivity contribution in [3.63, 3.8) is 0 Å². The Morgan fingerprint density at radius 1 is 1.50 bits per heavy atom. The third kappa shape index (κ3) is 3.23. The number of hydrogen-bond acceptors (Lipinski definition) is 6. The lowest BCUT2D eigenvalue weighted by Crippen LogP contribution is -2.40. The number of ether oxygens (including phenoxy) is 1. The van der Waals surface area contributed by atoms with E-state index < -0.39 is 11.0 Å². The molecule has 2 unspecified atom stereocenters. The van der Waals surface area contributed by atoms with Crippen LogP contribution < -0.4 is 4.74 Å². The van der Waals surface area contributed by atoms with Crippen LogP contribution in [0.15, 0.2) is 35.8 Å². The molecule has 0 spiro atoms. The van der Waals surface area contributed by atoms with Crippen LogP contribution in [0.5, 0.6) is 5.75 Å². The van der Waals surface area contributed by atoms with Gasteiger partial charge in [0.1, 0.15) is 6.20 Å². The number of pyridine rings is 1. The molecule has 3 heterocycles. The molecule has 0 aliphatic carbocycles. The average molecular weight is 347 g/mol. The molecule has 0 aromatic carbocycles. The molecule has 0 saturated carbocycles. The molecule has 0 bridgehead atoms. The summed E-state index contributed by atoms with van der Waals surface area (Å²) in [4.78, 5) is 29.8. The van der Waals surface area contributed by atoms with Crippen LogP contribution in [0.1, 0.15) is 30.7 Å². The third-order valence-corrected chi connectivity index (χ3v) is 4.96. The first kappa shape index (κ1) is 16.4. The zero-order chi connectivity index (χ0) is 17.1. The predicted molar refractivity (Wildman–Crippen MR) is 89.0 cm³/mol. The topological polar surface area (TPSA) is 85.6 Å². The molecule has 3 rings (SSSR count). The van der Waals surface area contributed by atoms with Gasteiger partial charge in [-0.3, -0.25) is 4.79 Å². The molecule has 7 nitrogen and oxygen atoms in total. The lowest BCUT2D eigenvalue weighted by atomic mass is 10.2. The first-order chi connectivity index (χ1) is 11.6. The zero-order valence-electron chi connectivity index (χ0n) is 13.1. The number of nitrogens with zero attached hydrogens (tertiary/aromatic N) is 3. The summed E-state index contributed by atoms with van der Waals surface area (Å²) in [6.07, 6.45) is 2.37. The van der Waals surface area contributed by atoms with Gasteiger partial charge in [-0.15, -0.1) is 11.3 Å². The summed E-state index contributed by atoms with van der Waals surface area (Å²) < 4.78 is 5.55. The molecule has 1 amide bonds. The van der Waals surface area contributed by atoms with E-state index in [4.69, 9.17) is 4.74 Å². The van der Waals surface area contributed by atoms with Gasteiger partial charge in [0.05, 0.1) is 6.04 Å². The molecule has 2 atom stereocenters. The van der Waals surface area contributed by atoms with E-state index in [1.54, 1.807) is 29.2 Å². The zero-order valence-corrected chi connectivity index (χ0v) is 13.9. The Balaban J connectivity index is 1.74. The fraction of sp³-hybridized carbons (Fsp3) is 0.375. The second kappa shape index (κ2) is 6.96. The van der Waals surface area contributed by atoms with Gasteiger partial charge in [-0.05, 0) is 53.3 Å². The second-order valence-corrected chi connectivity index (χ2v) is 6.53. The molecule has 2 aromatic rings. The van der Waals surface area contributed by atoms with Gasteiger partial charge in [0.2, 0.25) is 5.75 Å². The van der Waals surface area contributed by atoms with Crippen molar-refractivity contribution in [3.05, 3.63) is 50.8 Å². The van der Waals surface area contributed by atoms with Gasteiger partial charge in [-0.1, -0.05) is 6.07 Å². The Morgan fingerprint density at radius 2 is 2.33 bits per heavy atom. The number of amides is 1. The largest absolute Gasteiger partial charge is 0.473 e. The minimum absolute atomic E-state index is 0.00946. The minimum Gasteiger partial charge on any atom is -0.473 e. The van der Waals surface area contributed by atoms with Crippen molar-refractivity contribution in [2.45, 2.75) is 31.9 Å². The van der Waals surface area contributed by atoms with Gasteiger partial charge in [0, 0.05) is 11.4 Å². The Morgan fingerprint density at radius 3 is 3.04 bits per heavy atom. The normalized spacial score (nSPS) is 18.4. The summed E-state index contributed by atoms with van der Waals surface area (Å²) in [6, 6.07) is 7.06. The fourth-order valence-corrected chi connectivity index (χ4v) is 3.77. The summed E-state index contributed by atoms with van der Waals surface area (Å²) in [7, 11) is 0. The highest BCUT2D eigenvalue weighted by Crippen LogP contribution is 2.35. The maximum atomic E-state index is 12.8. The van der Waals surface area contributed by atoms with Gasteiger partial charge in [0.15, 0.2) is 6.10 Å². The monoisotopic (exact) mass is 347 g/mol. The molecule has 0 radical (unpaired) electrons. The van der Waals surface area contributed by atoms with E-state index in [-0.39, 0.29) is 23.5 Å². The van der Waals surface area contributed by atoms with Gasteiger partial charge in [-0.25, -0.2) is 0 Å². The van der Waals surface area contributed by atoms with Crippen LogP contribution in [-0.2, 0) is 4.79 Å². The number of nitro groups is 1. The highest BCUT2D eigenvalue weighted by Gasteiger charge is 2.34. The van der Waals surface area contributed by atoms with E-state index in [9.17, 15) is 14.9 Å². The third-order valence-electron chi connectivity index (χ3n) is 3.98. The number of thiophene rings is 1. The van der Waals surface area contributed by atoms with E-state index in [0.717, 1.165) is 17.7 Å². The summed E-state index contributed by atoms with van der Waals surface area (Å²) in [5.74, 6) is -0.535. The summed E-state index contributed by atoms with van der Waals surface area (Å²) >= 11 is 1.63. The molecule has 1 saturated heterocycles. The first-order valence-corrected chi connectivity index (χ1v) is 8.56. The number of likely N-dealkylation sites (tertiary alicyclic amines) is 1. The van der Waals surface area contributed by atoms with Crippen LogP contribution in [-0.4, -0.2) is 33.4 Å². The lowest BCUT2D eigenvalue weighted by Gasteiger charge is -2.27. The van der Waals surface area contributed by atoms with Gasteiger partial charge < -0.3 is 19.8 Å². The van der Waals surface area contributed by atoms with Crippen molar-refractivity contribution in [2.75, 3.05) is 6.54 Å². The Labute approximate surface area is 143 Å². The van der Waals surface area contributed by atoms with Crippen molar-refractivity contribution in [3.8, 4) is 5.75 Å². The van der Waals surface area contributed by atoms with E-state index in [0.29, 0.717) is 6.54 Å². The quantitative estimate of drug-likeness (QED) is 0.612. The van der Waals surface area contributed by atoms with Crippen molar-refractivity contribution < 1.29 is 14.5 Å². The Hall–Kier alpha value is -2.48. The fourth-order valence-electron chi connectivity index (χ4n) is 2.89. The van der Waals surface area contributed by atoms with Crippen molar-refractivity contribution in [1.29, 1.82) is 0 Å². The molecule has 1 aliphatic heterocycles. The number of aromatic nitrogens is 1. The Bertz CT molecular complexity index is 735. The van der Waals surface area contributed by atoms with Gasteiger partial charge >= 0.3 is 5.82 Å². The highest BCUT2D eigenvalue weighted by atomic mass is 32.1. The molecule has 1 fully saturated rings. The van der Waals surface area contributed by atoms with E-state index in [1.165, 1.54) is 12.3 Å². The second-order valence-electron chi connectivity index (χ2n) is 5.55. The molecule has 126 valence electrons. The van der Waals surface area contributed by atoms with Gasteiger partial charge in [-0.2, -0.15) is 0 Å². The number of hydrogen-bond donors (Lipinski definition) is 0. The lowest BCUT2D eigenvalue weighted by molar-refractivity contribution is -0.390. The SMILES string of the molecule is CC(Oc1cccnc1[N+](=O)[O-])C(=O)N1CCCC1c1cccs1. The van der Waals surface area contributed by atoms with E-state index >= 15 is 0 Å². The average Bonchev–Trinajstić information content (AvgIpc) is 3.25. The van der Waals surface area contributed by atoms with Crippen molar-refractivity contribution in [1.82, 2.24) is 9.88 Å². The molecule has 1 aliphatic rings. The first-order valence-electron chi connectivity index (χ1n) is 7.68. The van der Waals surface area contributed by atoms with Crippen LogP contribution in [0.4, 0.5) is 5.82 Å².